The second-order valence-electron chi connectivity index (χ2n) is 3.98. The van der Waals surface area contributed by atoms with Crippen LogP contribution in [0.15, 0.2) is 0 Å². The molecule has 0 aromatic carbocycles. The van der Waals surface area contributed by atoms with Crippen molar-refractivity contribution in [3.8, 4) is 0 Å². The zero-order valence-electron chi connectivity index (χ0n) is 9.53. The van der Waals surface area contributed by atoms with Crippen molar-refractivity contribution in [2.75, 3.05) is 26.2 Å². The van der Waals surface area contributed by atoms with Crippen molar-refractivity contribution < 1.29 is 14.7 Å². The molecule has 0 aromatic heterocycles. The number of urea groups is 1. The molecule has 6 nitrogen and oxygen atoms in total. The number of hydrogen-bond donors (Lipinski definition) is 3. The number of β-amino-alcohol motifs (C(OH)–C–C–N with tert-alkyl or cyclic N) is 1. The Balaban J connectivity index is 2.17. The maximum atomic E-state index is 11.4. The Labute approximate surface area is 95.0 Å². The number of carbonyl (C=O) groups excluding carboxylic acids is 2. The number of amides is 3. The minimum atomic E-state index is -0.452. The van der Waals surface area contributed by atoms with Gasteiger partial charge < -0.3 is 10.4 Å². The van der Waals surface area contributed by atoms with E-state index >= 15 is 0 Å². The van der Waals surface area contributed by atoms with E-state index in [-0.39, 0.29) is 18.6 Å². The molecule has 3 N–H and O–H groups in total. The van der Waals surface area contributed by atoms with Crippen LogP contribution in [0.1, 0.15) is 19.8 Å². The summed E-state index contributed by atoms with van der Waals surface area (Å²) in [7, 11) is 0. The van der Waals surface area contributed by atoms with Gasteiger partial charge in [0, 0.05) is 19.6 Å². The molecule has 0 spiro atoms. The lowest BCUT2D eigenvalue weighted by molar-refractivity contribution is -0.121. The number of aliphatic hydroxyl groups is 1. The van der Waals surface area contributed by atoms with Crippen LogP contribution in [0, 0.1) is 0 Å². The molecule has 1 rings (SSSR count). The van der Waals surface area contributed by atoms with Gasteiger partial charge in [-0.05, 0) is 12.8 Å². The molecule has 1 fully saturated rings. The van der Waals surface area contributed by atoms with Crippen molar-refractivity contribution in [1.82, 2.24) is 15.5 Å². The van der Waals surface area contributed by atoms with Crippen molar-refractivity contribution in [2.45, 2.75) is 25.9 Å². The molecule has 1 aliphatic rings. The van der Waals surface area contributed by atoms with Crippen LogP contribution in [0.3, 0.4) is 0 Å². The molecule has 0 unspecified atom stereocenters. The summed E-state index contributed by atoms with van der Waals surface area (Å²) in [6, 6.07) is -0.452. The minimum Gasteiger partial charge on any atom is -0.392 e. The number of likely N-dealkylation sites (tertiary alicyclic amines) is 1. The van der Waals surface area contributed by atoms with E-state index in [2.05, 4.69) is 10.6 Å². The molecule has 3 amide bonds. The van der Waals surface area contributed by atoms with Crippen molar-refractivity contribution in [3.63, 3.8) is 0 Å². The van der Waals surface area contributed by atoms with E-state index < -0.39 is 6.03 Å². The first-order valence-electron chi connectivity index (χ1n) is 5.60. The van der Waals surface area contributed by atoms with Gasteiger partial charge in [0.05, 0.1) is 12.6 Å². The van der Waals surface area contributed by atoms with E-state index in [1.807, 2.05) is 11.8 Å². The summed E-state index contributed by atoms with van der Waals surface area (Å²) in [5.41, 5.74) is 0. The Morgan fingerprint density at radius 1 is 1.50 bits per heavy atom. The van der Waals surface area contributed by atoms with Gasteiger partial charge in [-0.1, -0.05) is 6.92 Å². The van der Waals surface area contributed by atoms with Crippen LogP contribution in [0.4, 0.5) is 4.79 Å². The van der Waals surface area contributed by atoms with Gasteiger partial charge in [0.25, 0.3) is 0 Å². The Bertz CT molecular complexity index is 258. The second-order valence-corrected chi connectivity index (χ2v) is 3.98. The molecule has 1 heterocycles. The van der Waals surface area contributed by atoms with E-state index in [9.17, 15) is 14.7 Å². The molecule has 0 bridgehead atoms. The average Bonchev–Trinajstić information content (AvgIpc) is 2.60. The Kier molecular flexibility index (Phi) is 5.21. The van der Waals surface area contributed by atoms with E-state index in [1.54, 1.807) is 0 Å². The van der Waals surface area contributed by atoms with Crippen molar-refractivity contribution in [2.24, 2.45) is 0 Å². The summed E-state index contributed by atoms with van der Waals surface area (Å²) in [6.07, 6.45) is 1.18. The topological polar surface area (TPSA) is 81.7 Å². The molecule has 1 saturated heterocycles. The largest absolute Gasteiger partial charge is 0.392 e. The van der Waals surface area contributed by atoms with Gasteiger partial charge >= 0.3 is 6.03 Å². The molecular formula is C10H19N3O3. The molecule has 6 heteroatoms. The maximum Gasteiger partial charge on any atom is 0.321 e. The predicted octanol–water partition coefficient (Wildman–Crippen LogP) is -0.711. The molecule has 16 heavy (non-hydrogen) atoms. The second kappa shape index (κ2) is 6.44. The molecule has 0 saturated carbocycles. The van der Waals surface area contributed by atoms with Crippen LogP contribution in [0.25, 0.3) is 0 Å². The van der Waals surface area contributed by atoms with Crippen molar-refractivity contribution in [3.05, 3.63) is 0 Å². The highest BCUT2D eigenvalue weighted by Crippen LogP contribution is 2.07. The number of aliphatic hydroxyl groups excluding tert-OH is 1. The maximum absolute atomic E-state index is 11.4. The van der Waals surface area contributed by atoms with Gasteiger partial charge in [-0.15, -0.1) is 0 Å². The lowest BCUT2D eigenvalue weighted by Crippen LogP contribution is -2.44. The zero-order valence-corrected chi connectivity index (χ0v) is 9.53. The van der Waals surface area contributed by atoms with Gasteiger partial charge in [0.15, 0.2) is 0 Å². The van der Waals surface area contributed by atoms with Crippen LogP contribution in [0.2, 0.25) is 0 Å². The molecule has 0 aromatic rings. The summed E-state index contributed by atoms with van der Waals surface area (Å²) < 4.78 is 0. The monoisotopic (exact) mass is 229 g/mol. The number of hydrogen-bond acceptors (Lipinski definition) is 4. The van der Waals surface area contributed by atoms with Crippen LogP contribution >= 0.6 is 0 Å². The van der Waals surface area contributed by atoms with Crippen LogP contribution in [0.5, 0.6) is 0 Å². The highest BCUT2D eigenvalue weighted by Gasteiger charge is 2.22. The first-order chi connectivity index (χ1) is 7.61. The number of nitrogens with zero attached hydrogens (tertiary/aromatic N) is 1. The van der Waals surface area contributed by atoms with Crippen LogP contribution in [-0.4, -0.2) is 54.2 Å². The Morgan fingerprint density at radius 2 is 2.25 bits per heavy atom. The number of imide groups is 1. The quantitative estimate of drug-likeness (QED) is 0.595. The summed E-state index contributed by atoms with van der Waals surface area (Å²) in [4.78, 5) is 24.4. The van der Waals surface area contributed by atoms with Gasteiger partial charge in [0.1, 0.15) is 0 Å². The van der Waals surface area contributed by atoms with E-state index in [0.29, 0.717) is 26.1 Å². The molecule has 1 atom stereocenters. The number of carbonyl (C=O) groups is 2. The van der Waals surface area contributed by atoms with Gasteiger partial charge in [-0.3, -0.25) is 15.0 Å². The molecule has 1 aliphatic heterocycles. The number of nitrogens with one attached hydrogen (secondary N) is 2. The predicted molar refractivity (Wildman–Crippen MR) is 58.9 cm³/mol. The lowest BCUT2D eigenvalue weighted by atomic mass is 10.3. The van der Waals surface area contributed by atoms with E-state index in [0.717, 1.165) is 6.42 Å². The first-order valence-corrected chi connectivity index (χ1v) is 5.60. The highest BCUT2D eigenvalue weighted by molar-refractivity contribution is 5.95. The Hall–Kier alpha value is -1.14. The smallest absolute Gasteiger partial charge is 0.321 e. The molecule has 0 aliphatic carbocycles. The summed E-state index contributed by atoms with van der Waals surface area (Å²) in [5, 5.41) is 14.1. The fraction of sp³-hybridized carbons (Fsp3) is 0.800. The summed E-state index contributed by atoms with van der Waals surface area (Å²) in [5.74, 6) is -0.331. The highest BCUT2D eigenvalue weighted by atomic mass is 16.3. The fourth-order valence-corrected chi connectivity index (χ4v) is 1.61. The summed E-state index contributed by atoms with van der Waals surface area (Å²) in [6.45, 7) is 3.86. The molecular weight excluding hydrogens is 210 g/mol. The average molecular weight is 229 g/mol. The van der Waals surface area contributed by atoms with Crippen LogP contribution < -0.4 is 10.6 Å². The SMILES string of the molecule is CCCNC(=O)NC(=O)CN1CC[C@H](O)C1. The van der Waals surface area contributed by atoms with Crippen molar-refractivity contribution >= 4 is 11.9 Å². The van der Waals surface area contributed by atoms with Gasteiger partial charge in [-0.2, -0.15) is 0 Å². The minimum absolute atomic E-state index is 0.163. The third kappa shape index (κ3) is 4.59. The van der Waals surface area contributed by atoms with Gasteiger partial charge in [0.2, 0.25) is 5.91 Å². The van der Waals surface area contributed by atoms with E-state index in [1.165, 1.54) is 0 Å². The zero-order chi connectivity index (χ0) is 12.0. The summed E-state index contributed by atoms with van der Waals surface area (Å²) >= 11 is 0. The Morgan fingerprint density at radius 3 is 2.81 bits per heavy atom. The first kappa shape index (κ1) is 12.9. The number of rotatable bonds is 4. The van der Waals surface area contributed by atoms with Gasteiger partial charge in [-0.25, -0.2) is 4.79 Å². The standard InChI is InChI=1S/C10H19N3O3/c1-2-4-11-10(16)12-9(15)7-13-5-3-8(14)6-13/h8,14H,2-7H2,1H3,(H2,11,12,15,16)/t8-/m0/s1. The lowest BCUT2D eigenvalue weighted by Gasteiger charge is -2.13. The normalized spacial score (nSPS) is 20.8. The molecule has 0 radical (unpaired) electrons. The third-order valence-electron chi connectivity index (χ3n) is 2.40. The van der Waals surface area contributed by atoms with E-state index in [4.69, 9.17) is 0 Å². The van der Waals surface area contributed by atoms with Crippen LogP contribution in [-0.2, 0) is 4.79 Å². The van der Waals surface area contributed by atoms with Crippen molar-refractivity contribution in [1.29, 1.82) is 0 Å². The third-order valence-corrected chi connectivity index (χ3v) is 2.40. The fourth-order valence-electron chi connectivity index (χ4n) is 1.61. The molecule has 92 valence electrons.